The van der Waals surface area contributed by atoms with Gasteiger partial charge >= 0.3 is 0 Å². The molecule has 0 N–H and O–H groups in total. The summed E-state index contributed by atoms with van der Waals surface area (Å²) >= 11 is 14.4. The Hall–Kier alpha value is 0.290. The third-order valence-electron chi connectivity index (χ3n) is 3.26. The maximum absolute atomic E-state index is 4.51. The van der Waals surface area contributed by atoms with Crippen molar-refractivity contribution in [1.29, 1.82) is 0 Å². The molecule has 0 unspecified atom stereocenters. The first-order chi connectivity index (χ1) is 9.59. The molecule has 20 heavy (non-hydrogen) atoms. The minimum atomic E-state index is -0.00932. The molecule has 0 bridgehead atoms. The van der Waals surface area contributed by atoms with Crippen LogP contribution in [0.5, 0.6) is 0 Å². The number of hydrogen-bond acceptors (Lipinski definition) is 1. The Morgan fingerprint density at radius 1 is 0.950 bits per heavy atom. The van der Waals surface area contributed by atoms with Gasteiger partial charge in [-0.25, -0.2) is 0 Å². The van der Waals surface area contributed by atoms with Crippen molar-refractivity contribution in [1.82, 2.24) is 4.98 Å². The van der Waals surface area contributed by atoms with E-state index in [2.05, 4.69) is 99.0 Å². The molecule has 0 atom stereocenters. The van der Waals surface area contributed by atoms with E-state index in [0.717, 1.165) is 31.7 Å². The van der Waals surface area contributed by atoms with Gasteiger partial charge in [-0.05, 0) is 45.8 Å². The first-order valence-corrected chi connectivity index (χ1v) is 9.91. The zero-order chi connectivity index (χ0) is 14.6. The highest BCUT2D eigenvalue weighted by Crippen LogP contribution is 2.33. The highest BCUT2D eigenvalue weighted by atomic mass is 79.9. The van der Waals surface area contributed by atoms with E-state index in [1.165, 1.54) is 5.56 Å². The smallest absolute Gasteiger partial charge is 0.0413 e. The van der Waals surface area contributed by atoms with Crippen molar-refractivity contribution in [2.45, 2.75) is 11.8 Å². The number of aromatic nitrogens is 1. The summed E-state index contributed by atoms with van der Waals surface area (Å²) in [6.07, 6.45) is 2.73. The average molecular weight is 527 g/mol. The van der Waals surface area contributed by atoms with E-state index in [9.17, 15) is 0 Å². The Kier molecular flexibility index (Phi) is 6.26. The van der Waals surface area contributed by atoms with E-state index in [4.69, 9.17) is 0 Å². The fraction of sp³-hybridized carbons (Fsp3) is 0.267. The van der Waals surface area contributed by atoms with Crippen LogP contribution in [-0.2, 0) is 11.8 Å². The maximum Gasteiger partial charge on any atom is 0.0413 e. The summed E-state index contributed by atoms with van der Waals surface area (Å²) in [6.45, 7) is 0. The molecule has 5 heteroatoms. The van der Waals surface area contributed by atoms with Crippen molar-refractivity contribution in [2.24, 2.45) is 0 Å². The van der Waals surface area contributed by atoms with Crippen LogP contribution in [0.4, 0.5) is 0 Å². The van der Waals surface area contributed by atoms with Gasteiger partial charge in [-0.2, -0.15) is 0 Å². The van der Waals surface area contributed by atoms with Crippen molar-refractivity contribution in [3.05, 3.63) is 62.8 Å². The summed E-state index contributed by atoms with van der Waals surface area (Å²) in [5, 5.41) is 1.75. The Labute approximate surface area is 153 Å². The molecule has 1 aromatic carbocycles. The lowest BCUT2D eigenvalue weighted by atomic mass is 9.80. The summed E-state index contributed by atoms with van der Waals surface area (Å²) in [7, 11) is 0. The van der Waals surface area contributed by atoms with Gasteiger partial charge in [-0.3, -0.25) is 4.98 Å². The zero-order valence-electron chi connectivity index (χ0n) is 10.6. The van der Waals surface area contributed by atoms with Crippen LogP contribution in [0.1, 0.15) is 11.3 Å². The molecule has 0 aliphatic carbocycles. The van der Waals surface area contributed by atoms with Crippen LogP contribution in [0, 0.1) is 0 Å². The number of benzene rings is 1. The van der Waals surface area contributed by atoms with Crippen LogP contribution in [0.15, 0.2) is 51.5 Å². The fourth-order valence-corrected chi connectivity index (χ4v) is 4.67. The van der Waals surface area contributed by atoms with E-state index in [1.54, 1.807) is 0 Å². The minimum absolute atomic E-state index is 0.00932. The zero-order valence-corrected chi connectivity index (χ0v) is 17.0. The van der Waals surface area contributed by atoms with Crippen LogP contribution < -0.4 is 0 Å². The van der Waals surface area contributed by atoms with Gasteiger partial charge in [-0.1, -0.05) is 59.9 Å². The normalized spacial score (nSPS) is 11.6. The molecule has 2 aromatic rings. The number of alkyl halides is 2. The van der Waals surface area contributed by atoms with Crippen LogP contribution in [-0.4, -0.2) is 15.6 Å². The molecule has 2 rings (SSSR count). The van der Waals surface area contributed by atoms with Crippen LogP contribution in [0.2, 0.25) is 0 Å². The number of nitrogens with zero attached hydrogens (tertiary/aromatic N) is 1. The lowest BCUT2D eigenvalue weighted by Gasteiger charge is -2.30. The Balaban J connectivity index is 2.36. The van der Waals surface area contributed by atoms with Crippen LogP contribution in [0.3, 0.4) is 0 Å². The van der Waals surface area contributed by atoms with Gasteiger partial charge in [0.25, 0.3) is 0 Å². The van der Waals surface area contributed by atoms with Crippen molar-refractivity contribution < 1.29 is 0 Å². The minimum Gasteiger partial charge on any atom is -0.260 e. The van der Waals surface area contributed by atoms with Crippen LogP contribution >= 0.6 is 63.7 Å². The fourth-order valence-electron chi connectivity index (χ4n) is 2.06. The molecule has 106 valence electrons. The molecule has 0 fully saturated rings. The van der Waals surface area contributed by atoms with E-state index in [1.807, 2.05) is 12.3 Å². The first-order valence-electron chi connectivity index (χ1n) is 6.08. The molecule has 0 saturated heterocycles. The largest absolute Gasteiger partial charge is 0.260 e. The van der Waals surface area contributed by atoms with E-state index < -0.39 is 0 Å². The van der Waals surface area contributed by atoms with Gasteiger partial charge in [0.05, 0.1) is 0 Å². The standard InChI is InChI=1S/C15H13Br4N/c16-9-15(10-17,11-2-1-3-12(18)6-11)7-14-5-4-13(19)8-20-14/h1-6,8H,7,9-10H2. The molecule has 0 aliphatic heterocycles. The van der Waals surface area contributed by atoms with Gasteiger partial charge in [0, 0.05) is 43.3 Å². The van der Waals surface area contributed by atoms with E-state index in [-0.39, 0.29) is 5.41 Å². The van der Waals surface area contributed by atoms with Crippen molar-refractivity contribution in [3.8, 4) is 0 Å². The maximum atomic E-state index is 4.51. The molecule has 0 spiro atoms. The molecular weight excluding hydrogens is 514 g/mol. The van der Waals surface area contributed by atoms with E-state index >= 15 is 0 Å². The highest BCUT2D eigenvalue weighted by Gasteiger charge is 2.31. The van der Waals surface area contributed by atoms with Crippen molar-refractivity contribution in [3.63, 3.8) is 0 Å². The highest BCUT2D eigenvalue weighted by molar-refractivity contribution is 9.11. The van der Waals surface area contributed by atoms with E-state index in [0.29, 0.717) is 0 Å². The number of halogens is 4. The number of hydrogen-bond donors (Lipinski definition) is 0. The lowest BCUT2D eigenvalue weighted by Crippen LogP contribution is -2.33. The Morgan fingerprint density at radius 3 is 2.25 bits per heavy atom. The number of rotatable bonds is 5. The Morgan fingerprint density at radius 2 is 1.70 bits per heavy atom. The van der Waals surface area contributed by atoms with Gasteiger partial charge in [0.2, 0.25) is 0 Å². The molecule has 0 radical (unpaired) electrons. The first kappa shape index (κ1) is 16.7. The molecule has 0 saturated carbocycles. The summed E-state index contributed by atoms with van der Waals surface area (Å²) in [5.74, 6) is 0. The van der Waals surface area contributed by atoms with Gasteiger partial charge in [-0.15, -0.1) is 0 Å². The third kappa shape index (κ3) is 3.93. The Bertz CT molecular complexity index is 564. The number of pyridine rings is 1. The molecule has 1 aromatic heterocycles. The summed E-state index contributed by atoms with van der Waals surface area (Å²) in [6, 6.07) is 12.6. The third-order valence-corrected chi connectivity index (χ3v) is 6.37. The average Bonchev–Trinajstić information content (AvgIpc) is 2.47. The topological polar surface area (TPSA) is 12.9 Å². The van der Waals surface area contributed by atoms with Crippen LogP contribution in [0.25, 0.3) is 0 Å². The SMILES string of the molecule is BrCC(CBr)(Cc1ccc(Br)cn1)c1cccc(Br)c1. The molecule has 0 amide bonds. The van der Waals surface area contributed by atoms with Crippen molar-refractivity contribution in [2.75, 3.05) is 10.7 Å². The molecule has 0 aliphatic rings. The summed E-state index contributed by atoms with van der Waals surface area (Å²) in [5.41, 5.74) is 2.38. The van der Waals surface area contributed by atoms with Gasteiger partial charge in [0.1, 0.15) is 0 Å². The second-order valence-electron chi connectivity index (χ2n) is 4.70. The summed E-state index contributed by atoms with van der Waals surface area (Å²) < 4.78 is 2.11. The quantitative estimate of drug-likeness (QED) is 0.444. The van der Waals surface area contributed by atoms with Crippen molar-refractivity contribution >= 4 is 63.7 Å². The molecular formula is C15H13Br4N. The van der Waals surface area contributed by atoms with Gasteiger partial charge < -0.3 is 0 Å². The lowest BCUT2D eigenvalue weighted by molar-refractivity contribution is 0.543. The molecule has 1 nitrogen and oxygen atoms in total. The van der Waals surface area contributed by atoms with Gasteiger partial charge in [0.15, 0.2) is 0 Å². The second-order valence-corrected chi connectivity index (χ2v) is 7.66. The predicted molar refractivity (Wildman–Crippen MR) is 99.0 cm³/mol. The predicted octanol–water partition coefficient (Wildman–Crippen LogP) is 5.88. The molecule has 1 heterocycles. The monoisotopic (exact) mass is 523 g/mol. The second kappa shape index (κ2) is 7.52. The summed E-state index contributed by atoms with van der Waals surface area (Å²) in [4.78, 5) is 4.51.